The SMILES string of the molecule is Cc1ccc(CN2CCN(CC(C)(C)O)CC2)c(Cl)c1. The Labute approximate surface area is 127 Å². The molecular weight excluding hydrogens is 272 g/mol. The number of β-amino-alcohol motifs (C(OH)–C–C–N with tert-alkyl or cyclic N) is 1. The summed E-state index contributed by atoms with van der Waals surface area (Å²) in [7, 11) is 0. The van der Waals surface area contributed by atoms with Gasteiger partial charge in [0, 0.05) is 44.3 Å². The van der Waals surface area contributed by atoms with Gasteiger partial charge in [-0.3, -0.25) is 9.80 Å². The first kappa shape index (κ1) is 15.8. The fourth-order valence-corrected chi connectivity index (χ4v) is 2.97. The lowest BCUT2D eigenvalue weighted by molar-refractivity contribution is 0.0167. The molecule has 0 aliphatic carbocycles. The third kappa shape index (κ3) is 4.74. The van der Waals surface area contributed by atoms with Crippen molar-refractivity contribution in [1.29, 1.82) is 0 Å². The highest BCUT2D eigenvalue weighted by Gasteiger charge is 2.22. The summed E-state index contributed by atoms with van der Waals surface area (Å²) in [6.07, 6.45) is 0. The number of aliphatic hydroxyl groups is 1. The lowest BCUT2D eigenvalue weighted by atomic mass is 10.1. The van der Waals surface area contributed by atoms with Crippen molar-refractivity contribution in [1.82, 2.24) is 9.80 Å². The van der Waals surface area contributed by atoms with Crippen LogP contribution in [0.4, 0.5) is 0 Å². The molecule has 3 nitrogen and oxygen atoms in total. The van der Waals surface area contributed by atoms with Crippen molar-refractivity contribution >= 4 is 11.6 Å². The van der Waals surface area contributed by atoms with E-state index in [-0.39, 0.29) is 0 Å². The Morgan fingerprint density at radius 1 is 1.15 bits per heavy atom. The summed E-state index contributed by atoms with van der Waals surface area (Å²) in [5.41, 5.74) is 1.80. The molecule has 0 saturated carbocycles. The van der Waals surface area contributed by atoms with Crippen LogP contribution < -0.4 is 0 Å². The first-order valence-corrected chi connectivity index (χ1v) is 7.63. The van der Waals surface area contributed by atoms with Gasteiger partial charge in [0.05, 0.1) is 5.60 Å². The standard InChI is InChI=1S/C16H25ClN2O/c1-13-4-5-14(15(17)10-13)11-18-6-8-19(9-7-18)12-16(2,3)20/h4-5,10,20H,6-9,11-12H2,1-3H3. The number of piperazine rings is 1. The minimum atomic E-state index is -0.609. The molecule has 1 heterocycles. The molecule has 1 saturated heterocycles. The molecule has 4 heteroatoms. The van der Waals surface area contributed by atoms with Gasteiger partial charge in [0.2, 0.25) is 0 Å². The maximum atomic E-state index is 9.86. The van der Waals surface area contributed by atoms with Crippen molar-refractivity contribution in [2.75, 3.05) is 32.7 Å². The first-order valence-electron chi connectivity index (χ1n) is 7.26. The minimum absolute atomic E-state index is 0.609. The lowest BCUT2D eigenvalue weighted by Gasteiger charge is -2.37. The zero-order valence-electron chi connectivity index (χ0n) is 12.7. The molecular formula is C16H25ClN2O. The van der Waals surface area contributed by atoms with Crippen molar-refractivity contribution in [3.63, 3.8) is 0 Å². The molecule has 0 unspecified atom stereocenters. The molecule has 2 rings (SSSR count). The van der Waals surface area contributed by atoms with Crippen molar-refractivity contribution in [2.45, 2.75) is 32.9 Å². The molecule has 1 aromatic rings. The van der Waals surface area contributed by atoms with Crippen LogP contribution in [0.25, 0.3) is 0 Å². The Morgan fingerprint density at radius 3 is 2.30 bits per heavy atom. The number of nitrogens with zero attached hydrogens (tertiary/aromatic N) is 2. The summed E-state index contributed by atoms with van der Waals surface area (Å²) < 4.78 is 0. The van der Waals surface area contributed by atoms with Gasteiger partial charge in [0.25, 0.3) is 0 Å². The third-order valence-corrected chi connectivity index (χ3v) is 4.03. The van der Waals surface area contributed by atoms with Gasteiger partial charge in [-0.15, -0.1) is 0 Å². The van der Waals surface area contributed by atoms with Crippen LogP contribution in [0.3, 0.4) is 0 Å². The summed E-state index contributed by atoms with van der Waals surface area (Å²) in [5.74, 6) is 0. The van der Waals surface area contributed by atoms with E-state index in [1.54, 1.807) is 0 Å². The van der Waals surface area contributed by atoms with Gasteiger partial charge >= 0.3 is 0 Å². The Balaban J connectivity index is 1.85. The normalized spacial score (nSPS) is 18.4. The molecule has 1 fully saturated rings. The second-order valence-electron chi connectivity index (χ2n) is 6.46. The molecule has 1 aliphatic rings. The molecule has 1 aliphatic heterocycles. The van der Waals surface area contributed by atoms with Gasteiger partial charge in [-0.2, -0.15) is 0 Å². The topological polar surface area (TPSA) is 26.7 Å². The summed E-state index contributed by atoms with van der Waals surface area (Å²) >= 11 is 6.29. The molecule has 0 atom stereocenters. The van der Waals surface area contributed by atoms with Gasteiger partial charge in [-0.25, -0.2) is 0 Å². The van der Waals surface area contributed by atoms with Gasteiger partial charge in [0.15, 0.2) is 0 Å². The van der Waals surface area contributed by atoms with Gasteiger partial charge < -0.3 is 5.11 Å². The van der Waals surface area contributed by atoms with E-state index in [0.717, 1.165) is 44.3 Å². The maximum Gasteiger partial charge on any atom is 0.0718 e. The van der Waals surface area contributed by atoms with Crippen LogP contribution in [0.5, 0.6) is 0 Å². The zero-order chi connectivity index (χ0) is 14.8. The highest BCUT2D eigenvalue weighted by molar-refractivity contribution is 6.31. The summed E-state index contributed by atoms with van der Waals surface area (Å²) in [4.78, 5) is 4.75. The number of hydrogen-bond acceptors (Lipinski definition) is 3. The second kappa shape index (κ2) is 6.44. The van der Waals surface area contributed by atoms with Crippen LogP contribution in [-0.4, -0.2) is 53.2 Å². The first-order chi connectivity index (χ1) is 9.33. The fourth-order valence-electron chi connectivity index (χ4n) is 2.67. The molecule has 0 aromatic heterocycles. The Bertz CT molecular complexity index is 448. The molecule has 112 valence electrons. The van der Waals surface area contributed by atoms with Crippen molar-refractivity contribution in [2.24, 2.45) is 0 Å². The van der Waals surface area contributed by atoms with Crippen LogP contribution in [0.1, 0.15) is 25.0 Å². The number of rotatable bonds is 4. The Morgan fingerprint density at radius 2 is 1.75 bits per heavy atom. The van der Waals surface area contributed by atoms with Crippen LogP contribution in [0.15, 0.2) is 18.2 Å². The van der Waals surface area contributed by atoms with Crippen LogP contribution in [0.2, 0.25) is 5.02 Å². The Hall–Kier alpha value is -0.610. The highest BCUT2D eigenvalue weighted by atomic mass is 35.5. The van der Waals surface area contributed by atoms with Crippen LogP contribution >= 0.6 is 11.6 Å². The van der Waals surface area contributed by atoms with E-state index in [1.807, 2.05) is 19.9 Å². The largest absolute Gasteiger partial charge is 0.389 e. The lowest BCUT2D eigenvalue weighted by Crippen LogP contribution is -2.50. The molecule has 0 bridgehead atoms. The monoisotopic (exact) mass is 296 g/mol. The quantitative estimate of drug-likeness (QED) is 0.925. The zero-order valence-corrected chi connectivity index (χ0v) is 13.5. The third-order valence-electron chi connectivity index (χ3n) is 3.68. The smallest absolute Gasteiger partial charge is 0.0718 e. The van der Waals surface area contributed by atoms with Gasteiger partial charge in [-0.05, 0) is 38.0 Å². The molecule has 0 amide bonds. The van der Waals surface area contributed by atoms with E-state index in [0.29, 0.717) is 0 Å². The number of hydrogen-bond donors (Lipinski definition) is 1. The Kier molecular flexibility index (Phi) is 5.08. The predicted octanol–water partition coefficient (Wildman–Crippen LogP) is 2.54. The van der Waals surface area contributed by atoms with Crippen LogP contribution in [0, 0.1) is 6.92 Å². The van der Waals surface area contributed by atoms with E-state index >= 15 is 0 Å². The van der Waals surface area contributed by atoms with Crippen LogP contribution in [-0.2, 0) is 6.54 Å². The predicted molar refractivity (Wildman–Crippen MR) is 84.2 cm³/mol. The van der Waals surface area contributed by atoms with E-state index in [4.69, 9.17) is 11.6 Å². The number of halogens is 1. The number of aryl methyl sites for hydroxylation is 1. The molecule has 1 N–H and O–H groups in total. The molecule has 20 heavy (non-hydrogen) atoms. The summed E-state index contributed by atoms with van der Waals surface area (Å²) in [6.45, 7) is 11.5. The summed E-state index contributed by atoms with van der Waals surface area (Å²) in [6, 6.07) is 6.27. The average molecular weight is 297 g/mol. The summed E-state index contributed by atoms with van der Waals surface area (Å²) in [5, 5.41) is 10.7. The minimum Gasteiger partial charge on any atom is -0.389 e. The van der Waals surface area contributed by atoms with Crippen molar-refractivity contribution in [3.8, 4) is 0 Å². The number of benzene rings is 1. The molecule has 0 radical (unpaired) electrons. The van der Waals surface area contributed by atoms with E-state index < -0.39 is 5.60 Å². The second-order valence-corrected chi connectivity index (χ2v) is 6.87. The van der Waals surface area contributed by atoms with E-state index in [1.165, 1.54) is 11.1 Å². The van der Waals surface area contributed by atoms with Gasteiger partial charge in [0.1, 0.15) is 0 Å². The maximum absolute atomic E-state index is 9.86. The highest BCUT2D eigenvalue weighted by Crippen LogP contribution is 2.20. The van der Waals surface area contributed by atoms with Crippen molar-refractivity contribution in [3.05, 3.63) is 34.3 Å². The fraction of sp³-hybridized carbons (Fsp3) is 0.625. The average Bonchev–Trinajstić information content (AvgIpc) is 2.33. The van der Waals surface area contributed by atoms with E-state index in [2.05, 4.69) is 28.9 Å². The molecule has 1 aromatic carbocycles. The van der Waals surface area contributed by atoms with Gasteiger partial charge in [-0.1, -0.05) is 23.7 Å². The van der Waals surface area contributed by atoms with E-state index in [9.17, 15) is 5.11 Å². The van der Waals surface area contributed by atoms with Crippen molar-refractivity contribution < 1.29 is 5.11 Å². The molecule has 0 spiro atoms.